The molecule has 1 aliphatic heterocycles. The molecule has 0 unspecified atom stereocenters. The van der Waals surface area contributed by atoms with Crippen LogP contribution >= 0.6 is 0 Å². The fourth-order valence-corrected chi connectivity index (χ4v) is 4.85. The molecular formula is C24H33N3O4S. The molecule has 1 aliphatic rings. The predicted molar refractivity (Wildman–Crippen MR) is 129 cm³/mol. The third kappa shape index (κ3) is 6.71. The number of benzene rings is 2. The van der Waals surface area contributed by atoms with Gasteiger partial charge in [0.1, 0.15) is 0 Å². The van der Waals surface area contributed by atoms with Gasteiger partial charge in [0.15, 0.2) is 0 Å². The SMILES string of the molecule is CCN1CCN(c2ccc(C(=O)OCC(C)C)cc2NS(=O)(=O)Cc2ccccc2)CC1. The lowest BCUT2D eigenvalue weighted by atomic mass is 10.1. The van der Waals surface area contributed by atoms with Gasteiger partial charge in [0.25, 0.3) is 0 Å². The number of hydrogen-bond donors (Lipinski definition) is 1. The predicted octanol–water partition coefficient (Wildman–Crippen LogP) is 3.58. The van der Waals surface area contributed by atoms with E-state index in [4.69, 9.17) is 4.74 Å². The van der Waals surface area contributed by atoms with Crippen molar-refractivity contribution in [3.05, 3.63) is 59.7 Å². The summed E-state index contributed by atoms with van der Waals surface area (Å²) >= 11 is 0. The summed E-state index contributed by atoms with van der Waals surface area (Å²) in [4.78, 5) is 17.0. The molecule has 0 aromatic heterocycles. The van der Waals surface area contributed by atoms with Crippen molar-refractivity contribution >= 4 is 27.4 Å². The van der Waals surface area contributed by atoms with E-state index < -0.39 is 16.0 Å². The molecule has 3 rings (SSSR count). The number of ether oxygens (including phenoxy) is 1. The highest BCUT2D eigenvalue weighted by Crippen LogP contribution is 2.30. The number of hydrogen-bond acceptors (Lipinski definition) is 6. The lowest BCUT2D eigenvalue weighted by Gasteiger charge is -2.36. The summed E-state index contributed by atoms with van der Waals surface area (Å²) in [5.74, 6) is -0.375. The second-order valence-electron chi connectivity index (χ2n) is 8.49. The normalized spacial score (nSPS) is 15.1. The van der Waals surface area contributed by atoms with E-state index in [1.54, 1.807) is 24.3 Å². The smallest absolute Gasteiger partial charge is 0.338 e. The molecule has 32 heavy (non-hydrogen) atoms. The van der Waals surface area contributed by atoms with Gasteiger partial charge in [0.05, 0.1) is 29.3 Å². The highest BCUT2D eigenvalue weighted by Gasteiger charge is 2.22. The second-order valence-corrected chi connectivity index (χ2v) is 10.2. The van der Waals surface area contributed by atoms with E-state index in [-0.39, 0.29) is 11.7 Å². The molecule has 0 spiro atoms. The number of likely N-dealkylation sites (N-methyl/N-ethyl adjacent to an activating group) is 1. The highest BCUT2D eigenvalue weighted by molar-refractivity contribution is 7.91. The van der Waals surface area contributed by atoms with Crippen LogP contribution in [0.4, 0.5) is 11.4 Å². The Labute approximate surface area is 191 Å². The summed E-state index contributed by atoms with van der Waals surface area (Å²) in [6.45, 7) is 10.8. The van der Waals surface area contributed by atoms with Crippen molar-refractivity contribution in [3.8, 4) is 0 Å². The maximum Gasteiger partial charge on any atom is 0.338 e. The minimum Gasteiger partial charge on any atom is -0.462 e. The average Bonchev–Trinajstić information content (AvgIpc) is 2.77. The van der Waals surface area contributed by atoms with Crippen LogP contribution in [0, 0.1) is 5.92 Å². The minimum atomic E-state index is -3.67. The number of nitrogens with one attached hydrogen (secondary N) is 1. The molecule has 0 bridgehead atoms. The summed E-state index contributed by atoms with van der Waals surface area (Å²) in [6.07, 6.45) is 0. The molecule has 174 valence electrons. The summed E-state index contributed by atoms with van der Waals surface area (Å²) < 4.78 is 34.0. The van der Waals surface area contributed by atoms with Gasteiger partial charge < -0.3 is 14.5 Å². The van der Waals surface area contributed by atoms with E-state index in [0.717, 1.165) is 38.4 Å². The van der Waals surface area contributed by atoms with Crippen molar-refractivity contribution in [2.75, 3.05) is 49.0 Å². The summed E-state index contributed by atoms with van der Waals surface area (Å²) in [5.41, 5.74) is 2.22. The maximum atomic E-state index is 12.9. The van der Waals surface area contributed by atoms with E-state index in [9.17, 15) is 13.2 Å². The number of carbonyl (C=O) groups excluding carboxylic acids is 1. The maximum absolute atomic E-state index is 12.9. The Kier molecular flexibility index (Phi) is 8.15. The standard InChI is InChI=1S/C24H33N3O4S/c1-4-26-12-14-27(15-13-26)23-11-10-21(24(28)31-17-19(2)3)16-22(23)25-32(29,30)18-20-8-6-5-7-9-20/h5-11,16,19,25H,4,12-15,17-18H2,1-3H3. The van der Waals surface area contributed by atoms with Crippen LogP contribution in [0.3, 0.4) is 0 Å². The molecule has 8 heteroatoms. The molecule has 0 saturated carbocycles. The second kappa shape index (κ2) is 10.8. The molecule has 1 heterocycles. The Hall–Kier alpha value is -2.58. The quantitative estimate of drug-likeness (QED) is 0.578. The first-order chi connectivity index (χ1) is 15.3. The third-order valence-corrected chi connectivity index (χ3v) is 6.65. The van der Waals surface area contributed by atoms with Gasteiger partial charge in [-0.2, -0.15) is 0 Å². The van der Waals surface area contributed by atoms with Crippen LogP contribution in [-0.2, 0) is 20.5 Å². The first-order valence-electron chi connectivity index (χ1n) is 11.1. The first kappa shape index (κ1) is 24.1. The Morgan fingerprint density at radius 3 is 2.38 bits per heavy atom. The lowest BCUT2D eigenvalue weighted by molar-refractivity contribution is 0.0459. The zero-order valence-electron chi connectivity index (χ0n) is 19.1. The average molecular weight is 460 g/mol. The number of esters is 1. The van der Waals surface area contributed by atoms with Crippen LogP contribution in [0.5, 0.6) is 0 Å². The van der Waals surface area contributed by atoms with Gasteiger partial charge in [-0.3, -0.25) is 4.72 Å². The summed E-state index contributed by atoms with van der Waals surface area (Å²) in [6, 6.07) is 14.2. The number of sulfonamides is 1. The molecule has 2 aromatic rings. The van der Waals surface area contributed by atoms with Crippen molar-refractivity contribution in [2.45, 2.75) is 26.5 Å². The molecular weight excluding hydrogens is 426 g/mol. The topological polar surface area (TPSA) is 79.0 Å². The van der Waals surface area contributed by atoms with E-state index in [2.05, 4.69) is 21.4 Å². The monoisotopic (exact) mass is 459 g/mol. The summed E-state index contributed by atoms with van der Waals surface area (Å²) in [5, 5.41) is 0. The van der Waals surface area contributed by atoms with Crippen LogP contribution in [0.25, 0.3) is 0 Å². The molecule has 1 N–H and O–H groups in total. The molecule has 0 atom stereocenters. The summed E-state index contributed by atoms with van der Waals surface area (Å²) in [7, 11) is -3.67. The number of rotatable bonds is 9. The number of anilines is 2. The van der Waals surface area contributed by atoms with Gasteiger partial charge in [-0.1, -0.05) is 51.1 Å². The third-order valence-electron chi connectivity index (χ3n) is 5.41. The Morgan fingerprint density at radius 1 is 1.06 bits per heavy atom. The fourth-order valence-electron chi connectivity index (χ4n) is 3.65. The first-order valence-corrected chi connectivity index (χ1v) is 12.8. The fraction of sp³-hybridized carbons (Fsp3) is 0.458. The molecule has 0 radical (unpaired) electrons. The van der Waals surface area contributed by atoms with Crippen molar-refractivity contribution in [1.29, 1.82) is 0 Å². The van der Waals surface area contributed by atoms with Crippen molar-refractivity contribution in [2.24, 2.45) is 5.92 Å². The van der Waals surface area contributed by atoms with Gasteiger partial charge in [0.2, 0.25) is 10.0 Å². The number of piperazine rings is 1. The van der Waals surface area contributed by atoms with Crippen LogP contribution in [0.2, 0.25) is 0 Å². The van der Waals surface area contributed by atoms with E-state index in [1.165, 1.54) is 0 Å². The van der Waals surface area contributed by atoms with Gasteiger partial charge in [0, 0.05) is 26.2 Å². The Bertz CT molecular complexity index is 1000. The van der Waals surface area contributed by atoms with Crippen molar-refractivity contribution in [1.82, 2.24) is 4.90 Å². The Balaban J connectivity index is 1.86. The van der Waals surface area contributed by atoms with E-state index in [0.29, 0.717) is 23.4 Å². The Morgan fingerprint density at radius 2 is 1.75 bits per heavy atom. The zero-order valence-corrected chi connectivity index (χ0v) is 19.9. The van der Waals surface area contributed by atoms with Crippen molar-refractivity contribution in [3.63, 3.8) is 0 Å². The molecule has 2 aromatic carbocycles. The number of carbonyl (C=O) groups is 1. The molecule has 0 amide bonds. The highest BCUT2D eigenvalue weighted by atomic mass is 32.2. The van der Waals surface area contributed by atoms with Gasteiger partial charge in [-0.15, -0.1) is 0 Å². The minimum absolute atomic E-state index is 0.140. The molecule has 1 fully saturated rings. The molecule has 7 nitrogen and oxygen atoms in total. The van der Waals surface area contributed by atoms with Crippen LogP contribution in [-0.4, -0.2) is 58.6 Å². The van der Waals surface area contributed by atoms with Crippen LogP contribution in [0.15, 0.2) is 48.5 Å². The van der Waals surface area contributed by atoms with Crippen LogP contribution < -0.4 is 9.62 Å². The largest absolute Gasteiger partial charge is 0.462 e. The molecule has 0 aliphatic carbocycles. The lowest BCUT2D eigenvalue weighted by Crippen LogP contribution is -2.46. The van der Waals surface area contributed by atoms with Crippen LogP contribution in [0.1, 0.15) is 36.7 Å². The van der Waals surface area contributed by atoms with Crippen molar-refractivity contribution < 1.29 is 17.9 Å². The van der Waals surface area contributed by atoms with Gasteiger partial charge in [-0.25, -0.2) is 13.2 Å². The number of nitrogens with zero attached hydrogens (tertiary/aromatic N) is 2. The zero-order chi connectivity index (χ0) is 23.1. The van der Waals surface area contributed by atoms with E-state index in [1.807, 2.05) is 38.1 Å². The van der Waals surface area contributed by atoms with Gasteiger partial charge >= 0.3 is 5.97 Å². The van der Waals surface area contributed by atoms with Gasteiger partial charge in [-0.05, 0) is 36.2 Å². The molecule has 1 saturated heterocycles. The van der Waals surface area contributed by atoms with E-state index >= 15 is 0 Å².